The van der Waals surface area contributed by atoms with Gasteiger partial charge in [0.2, 0.25) is 0 Å². The minimum atomic E-state index is -0.292. The summed E-state index contributed by atoms with van der Waals surface area (Å²) in [5.74, 6) is -0.292. The average Bonchev–Trinajstić information content (AvgIpc) is 3.22. The monoisotopic (exact) mass is 376 g/mol. The van der Waals surface area contributed by atoms with Gasteiger partial charge in [-0.1, -0.05) is 12.1 Å². The number of urea groups is 1. The second kappa shape index (κ2) is 7.72. The number of amides is 2. The van der Waals surface area contributed by atoms with Crippen molar-refractivity contribution < 1.29 is 9.18 Å². The van der Waals surface area contributed by atoms with Crippen LogP contribution >= 0.6 is 11.3 Å². The molecular weight excluding hydrogens is 351 g/mol. The van der Waals surface area contributed by atoms with Crippen LogP contribution in [0.2, 0.25) is 0 Å². The van der Waals surface area contributed by atoms with Crippen LogP contribution in [0.4, 0.5) is 9.18 Å². The molecule has 1 fully saturated rings. The highest BCUT2D eigenvalue weighted by atomic mass is 32.1. The predicted octanol–water partition coefficient (Wildman–Crippen LogP) is 3.62. The summed E-state index contributed by atoms with van der Waals surface area (Å²) in [6, 6.07) is 6.54. The fraction of sp³-hybridized carbons (Fsp3) is 0.474. The van der Waals surface area contributed by atoms with Gasteiger partial charge in [0.25, 0.3) is 0 Å². The van der Waals surface area contributed by atoms with Gasteiger partial charge in [-0.2, -0.15) is 0 Å². The first kappa shape index (κ1) is 18.8. The van der Waals surface area contributed by atoms with Crippen LogP contribution < -0.4 is 10.6 Å². The molecule has 2 N–H and O–H groups in total. The highest BCUT2D eigenvalue weighted by Crippen LogP contribution is 2.24. The zero-order valence-electron chi connectivity index (χ0n) is 15.4. The van der Waals surface area contributed by atoms with E-state index in [-0.39, 0.29) is 23.4 Å². The lowest BCUT2D eigenvalue weighted by atomic mass is 10.1. The van der Waals surface area contributed by atoms with Crippen molar-refractivity contribution in [3.63, 3.8) is 0 Å². The Balaban J connectivity index is 1.49. The van der Waals surface area contributed by atoms with Crippen LogP contribution in [0.1, 0.15) is 32.2 Å². The number of nitrogens with zero attached hydrogens (tertiary/aromatic N) is 2. The lowest BCUT2D eigenvalue weighted by Crippen LogP contribution is -2.45. The van der Waals surface area contributed by atoms with Gasteiger partial charge in [0.15, 0.2) is 0 Å². The van der Waals surface area contributed by atoms with E-state index in [0.717, 1.165) is 24.5 Å². The van der Waals surface area contributed by atoms with Gasteiger partial charge in [0.05, 0.1) is 12.2 Å². The summed E-state index contributed by atoms with van der Waals surface area (Å²) >= 11 is 1.41. The molecule has 0 saturated carbocycles. The van der Waals surface area contributed by atoms with Crippen molar-refractivity contribution in [3.8, 4) is 11.3 Å². The third-order valence-electron chi connectivity index (χ3n) is 4.57. The quantitative estimate of drug-likeness (QED) is 0.857. The Kier molecular flexibility index (Phi) is 5.58. The number of nitrogens with one attached hydrogen (secondary N) is 2. The molecule has 5 nitrogen and oxygen atoms in total. The zero-order valence-corrected chi connectivity index (χ0v) is 16.2. The fourth-order valence-corrected chi connectivity index (χ4v) is 3.80. The number of carbonyl (C=O) groups excluding carboxylic acids is 1. The largest absolute Gasteiger partial charge is 0.334 e. The summed E-state index contributed by atoms with van der Waals surface area (Å²) in [5.41, 5.74) is 1.20. The van der Waals surface area contributed by atoms with Crippen LogP contribution in [-0.4, -0.2) is 40.6 Å². The smallest absolute Gasteiger partial charge is 0.315 e. The Labute approximate surface area is 157 Å². The predicted molar refractivity (Wildman–Crippen MR) is 103 cm³/mol. The van der Waals surface area contributed by atoms with Gasteiger partial charge >= 0.3 is 6.03 Å². The summed E-state index contributed by atoms with van der Waals surface area (Å²) in [5, 5.41) is 8.43. The van der Waals surface area contributed by atoms with E-state index < -0.39 is 0 Å². The summed E-state index contributed by atoms with van der Waals surface area (Å²) in [4.78, 5) is 18.9. The highest BCUT2D eigenvalue weighted by molar-refractivity contribution is 7.09. The molecule has 3 rings (SSSR count). The number of thiazole rings is 1. The summed E-state index contributed by atoms with van der Waals surface area (Å²) < 4.78 is 13.8. The van der Waals surface area contributed by atoms with Crippen molar-refractivity contribution >= 4 is 17.4 Å². The van der Waals surface area contributed by atoms with Gasteiger partial charge in [-0.05, 0) is 39.3 Å². The summed E-state index contributed by atoms with van der Waals surface area (Å²) in [7, 11) is 0. The van der Waals surface area contributed by atoms with E-state index in [2.05, 4.69) is 41.3 Å². The Hall–Kier alpha value is -1.99. The Morgan fingerprint density at radius 2 is 2.15 bits per heavy atom. The fourth-order valence-electron chi connectivity index (χ4n) is 3.06. The minimum Gasteiger partial charge on any atom is -0.334 e. The molecule has 140 valence electrons. The van der Waals surface area contributed by atoms with Crippen LogP contribution in [0, 0.1) is 5.82 Å². The van der Waals surface area contributed by atoms with E-state index in [1.54, 1.807) is 18.2 Å². The highest BCUT2D eigenvalue weighted by Gasteiger charge is 2.30. The molecular formula is C19H25FN4OS. The van der Waals surface area contributed by atoms with Crippen molar-refractivity contribution in [2.75, 3.05) is 13.1 Å². The van der Waals surface area contributed by atoms with Crippen LogP contribution in [0.15, 0.2) is 29.6 Å². The van der Waals surface area contributed by atoms with Gasteiger partial charge < -0.3 is 10.6 Å². The first-order valence-corrected chi connectivity index (χ1v) is 9.69. The molecule has 1 aliphatic rings. The van der Waals surface area contributed by atoms with Gasteiger partial charge in [0.1, 0.15) is 10.8 Å². The molecule has 1 aromatic heterocycles. The molecule has 0 aliphatic carbocycles. The van der Waals surface area contributed by atoms with E-state index in [1.807, 2.05) is 5.38 Å². The molecule has 26 heavy (non-hydrogen) atoms. The Bertz CT molecular complexity index is 771. The van der Waals surface area contributed by atoms with Crippen LogP contribution in [0.25, 0.3) is 11.3 Å². The normalized spacial score (nSPS) is 18.1. The van der Waals surface area contributed by atoms with E-state index in [9.17, 15) is 9.18 Å². The van der Waals surface area contributed by atoms with Crippen molar-refractivity contribution in [2.45, 2.75) is 45.3 Å². The third-order valence-corrected chi connectivity index (χ3v) is 5.42. The van der Waals surface area contributed by atoms with Gasteiger partial charge in [-0.25, -0.2) is 14.2 Å². The standard InChI is InChI=1S/C19H25FN4OS/c1-19(2,3)24-9-8-13(11-24)22-18(25)21-10-17-23-16(12-26-17)14-6-4-5-7-15(14)20/h4-7,12-13H,8-11H2,1-3H3,(H2,21,22,25). The zero-order chi connectivity index (χ0) is 18.7. The Morgan fingerprint density at radius 3 is 2.85 bits per heavy atom. The molecule has 7 heteroatoms. The number of benzene rings is 1. The number of rotatable bonds is 4. The molecule has 1 aliphatic heterocycles. The lowest BCUT2D eigenvalue weighted by Gasteiger charge is -2.31. The maximum atomic E-state index is 13.8. The first-order chi connectivity index (χ1) is 12.3. The second-order valence-corrected chi connectivity index (χ2v) is 8.48. The number of carbonyl (C=O) groups is 1. The molecule has 0 spiro atoms. The molecule has 0 bridgehead atoms. The molecule has 1 unspecified atom stereocenters. The molecule has 2 amide bonds. The molecule has 1 atom stereocenters. The minimum absolute atomic E-state index is 0.122. The van der Waals surface area contributed by atoms with Crippen LogP contribution in [0.3, 0.4) is 0 Å². The number of aromatic nitrogens is 1. The van der Waals surface area contributed by atoms with Crippen molar-refractivity contribution in [2.24, 2.45) is 0 Å². The molecule has 2 aromatic rings. The van der Waals surface area contributed by atoms with Crippen LogP contribution in [-0.2, 0) is 6.54 Å². The molecule has 1 saturated heterocycles. The van der Waals surface area contributed by atoms with E-state index >= 15 is 0 Å². The Morgan fingerprint density at radius 1 is 1.38 bits per heavy atom. The van der Waals surface area contributed by atoms with Gasteiger partial charge in [0, 0.05) is 35.6 Å². The number of hydrogen-bond acceptors (Lipinski definition) is 4. The SMILES string of the molecule is CC(C)(C)N1CCC(NC(=O)NCc2nc(-c3ccccc3F)cs2)C1. The summed E-state index contributed by atoms with van der Waals surface area (Å²) in [6.07, 6.45) is 0.958. The molecule has 2 heterocycles. The number of halogens is 1. The average molecular weight is 377 g/mol. The van der Waals surface area contributed by atoms with Gasteiger partial charge in [-0.15, -0.1) is 11.3 Å². The van der Waals surface area contributed by atoms with E-state index in [0.29, 0.717) is 17.8 Å². The lowest BCUT2D eigenvalue weighted by molar-refractivity contribution is 0.170. The van der Waals surface area contributed by atoms with E-state index in [1.165, 1.54) is 17.4 Å². The van der Waals surface area contributed by atoms with Gasteiger partial charge in [-0.3, -0.25) is 4.90 Å². The van der Waals surface area contributed by atoms with Crippen molar-refractivity contribution in [1.29, 1.82) is 0 Å². The van der Waals surface area contributed by atoms with E-state index in [4.69, 9.17) is 0 Å². The number of likely N-dealkylation sites (tertiary alicyclic amines) is 1. The van der Waals surface area contributed by atoms with Crippen LogP contribution in [0.5, 0.6) is 0 Å². The van der Waals surface area contributed by atoms with Crippen molar-refractivity contribution in [1.82, 2.24) is 20.5 Å². The summed E-state index contributed by atoms with van der Waals surface area (Å²) in [6.45, 7) is 8.75. The van der Waals surface area contributed by atoms with Crippen molar-refractivity contribution in [3.05, 3.63) is 40.5 Å². The topological polar surface area (TPSA) is 57.3 Å². The molecule has 1 aromatic carbocycles. The third kappa shape index (κ3) is 4.59. The number of hydrogen-bond donors (Lipinski definition) is 2. The first-order valence-electron chi connectivity index (χ1n) is 8.81. The maximum Gasteiger partial charge on any atom is 0.315 e. The molecule has 0 radical (unpaired) electrons. The second-order valence-electron chi connectivity index (χ2n) is 7.54. The maximum absolute atomic E-state index is 13.8.